The number of nitrogens with one attached hydrogen (secondary N) is 9. The molecule has 4 fully saturated rings. The van der Waals surface area contributed by atoms with Crippen molar-refractivity contribution in [3.05, 3.63) is 171 Å². The number of hydrogen-bond acceptors (Lipinski definition) is 30. The minimum atomic E-state index is -3.57. The Morgan fingerprint density at radius 1 is 0.433 bits per heavy atom. The largest absolute Gasteiger partial charge is 0.491 e. The van der Waals surface area contributed by atoms with Gasteiger partial charge in [-0.25, -0.2) is 43.6 Å². The number of fused-ring (bicyclic) bond motifs is 3. The predicted octanol–water partition coefficient (Wildman–Crippen LogP) is 16.5. The van der Waals surface area contributed by atoms with E-state index in [0.717, 1.165) is 130 Å². The number of piperidine rings is 3. The van der Waals surface area contributed by atoms with Crippen LogP contribution in [0, 0.1) is 47.5 Å². The van der Waals surface area contributed by atoms with Gasteiger partial charge in [-0.05, 0) is 308 Å². The van der Waals surface area contributed by atoms with Crippen molar-refractivity contribution in [3.63, 3.8) is 0 Å². The first kappa shape index (κ1) is 105. The number of likely N-dealkylation sites (N-methyl/N-ethyl adjacent to an activating group) is 1. The molecule has 9 N–H and O–H groups in total. The van der Waals surface area contributed by atoms with Crippen molar-refractivity contribution in [2.75, 3.05) is 118 Å². The van der Waals surface area contributed by atoms with Crippen LogP contribution in [0.1, 0.15) is 201 Å². The molecule has 4 aliphatic heterocycles. The summed E-state index contributed by atoms with van der Waals surface area (Å²) < 4.78 is 121. The van der Waals surface area contributed by atoms with Crippen molar-refractivity contribution in [1.29, 1.82) is 0 Å². The Hall–Kier alpha value is -12.0. The van der Waals surface area contributed by atoms with Gasteiger partial charge in [0, 0.05) is 81.1 Å². The Bertz CT molecular complexity index is 7040. The Kier molecular flexibility index (Phi) is 32.9. The van der Waals surface area contributed by atoms with Crippen LogP contribution in [0.5, 0.6) is 17.2 Å². The molecule has 0 unspecified atom stereocenters. The zero-order valence-corrected chi connectivity index (χ0v) is 87.9. The summed E-state index contributed by atoms with van der Waals surface area (Å²) in [5.74, 6) is 6.28. The highest BCUT2D eigenvalue weighted by molar-refractivity contribution is 7.92. The number of benzene rings is 6. The molecule has 0 aliphatic carbocycles. The third-order valence-electron chi connectivity index (χ3n) is 26.1. The van der Waals surface area contributed by atoms with Crippen molar-refractivity contribution < 1.29 is 57.5 Å². The average molecular weight is 2010 g/mol. The van der Waals surface area contributed by atoms with Crippen molar-refractivity contribution in [2.24, 2.45) is 5.92 Å². The SMILES string of the molecule is Cc1cc(Cc2nc(Nc3ccccc3S(=O)(=O)C(C)C)c3c(C)[nH]nc3n2)c(OC(C)C)cc1C1CCN(C(=O)C2CNC2)CC1.Cc1cc(Nc2nc(Nc3ccccc3S(=O)(=O)C(C)C)c3c(C)[nH]nc3n2)c(OC(C)C)cc1C1CCN(C(=O)CN(C)C)CC1.Cc1cc(Nc2nc(Nc3ccccc3S(=O)(=O)C(C)C)c3c(C)[nH]nc3n2)c(OC(C)C)cc1C1CCN(CCS(C)(=O)=O)CC1. The van der Waals surface area contributed by atoms with E-state index < -0.39 is 55.1 Å². The number of ether oxygens (including phenoxy) is 3. The molecule has 0 bridgehead atoms. The molecule has 6 aromatic carbocycles. The third kappa shape index (κ3) is 24.8. The number of rotatable bonds is 33. The van der Waals surface area contributed by atoms with Gasteiger partial charge in [0.05, 0.1) is 112 Å². The number of likely N-dealkylation sites (tertiary alicyclic amines) is 3. The summed E-state index contributed by atoms with van der Waals surface area (Å²) in [6.45, 7) is 41.1. The van der Waals surface area contributed by atoms with E-state index in [2.05, 4.69) is 128 Å². The summed E-state index contributed by atoms with van der Waals surface area (Å²) in [5, 5.41) is 42.2. The van der Waals surface area contributed by atoms with E-state index in [1.165, 1.54) is 28.5 Å². The molecule has 0 atom stereocenters. The molecular formula is C102H136N22O13S4. The van der Waals surface area contributed by atoms with E-state index in [4.69, 9.17) is 34.1 Å². The molecule has 35 nitrogen and oxygen atoms in total. The maximum absolute atomic E-state index is 13.2. The zero-order valence-electron chi connectivity index (χ0n) is 84.6. The normalized spacial score (nSPS) is 15.2. The fourth-order valence-electron chi connectivity index (χ4n) is 18.3. The Labute approximate surface area is 828 Å². The summed E-state index contributed by atoms with van der Waals surface area (Å²) in [4.78, 5) is 62.8. The van der Waals surface area contributed by atoms with Gasteiger partial charge < -0.3 is 65.7 Å². The van der Waals surface area contributed by atoms with Crippen LogP contribution in [-0.4, -0.2) is 251 Å². The zero-order chi connectivity index (χ0) is 102. The molecule has 4 aliphatic rings. The number of nitrogens with zero attached hydrogens (tertiary/aromatic N) is 13. The molecule has 10 heterocycles. The number of sulfone groups is 4. The lowest BCUT2D eigenvalue weighted by atomic mass is 9.85. The van der Waals surface area contributed by atoms with E-state index in [0.29, 0.717) is 134 Å². The predicted molar refractivity (Wildman–Crippen MR) is 556 cm³/mol. The molecule has 0 radical (unpaired) electrons. The number of anilines is 10. The van der Waals surface area contributed by atoms with Gasteiger partial charge in [0.15, 0.2) is 46.5 Å². The second-order valence-corrected chi connectivity index (χ2v) is 49.0. The number of carbonyl (C=O) groups is 2. The monoisotopic (exact) mass is 2000 g/mol. The van der Waals surface area contributed by atoms with Crippen molar-refractivity contribution in [3.8, 4) is 17.2 Å². The van der Waals surface area contributed by atoms with Crippen LogP contribution < -0.4 is 46.1 Å². The summed E-state index contributed by atoms with van der Waals surface area (Å²) in [6, 6.07) is 33.2. The number of amides is 2. The van der Waals surface area contributed by atoms with E-state index in [1.54, 1.807) is 114 Å². The van der Waals surface area contributed by atoms with Gasteiger partial charge in [0.25, 0.3) is 0 Å². The Morgan fingerprint density at radius 3 is 1.16 bits per heavy atom. The minimum Gasteiger partial charge on any atom is -0.491 e. The minimum absolute atomic E-state index is 0.0334. The first-order valence-electron chi connectivity index (χ1n) is 48.5. The number of hydrogen-bond donors (Lipinski definition) is 9. The maximum Gasteiger partial charge on any atom is 0.236 e. The summed E-state index contributed by atoms with van der Waals surface area (Å²) in [7, 11) is -9.86. The van der Waals surface area contributed by atoms with Gasteiger partial charge in [0.1, 0.15) is 50.4 Å². The highest BCUT2D eigenvalue weighted by atomic mass is 32.2. The van der Waals surface area contributed by atoms with Gasteiger partial charge in [0.2, 0.25) is 23.7 Å². The average Bonchev–Trinajstić information content (AvgIpc) is 1.65. The molecule has 756 valence electrons. The van der Waals surface area contributed by atoms with Crippen molar-refractivity contribution in [1.82, 2.24) is 85.4 Å². The van der Waals surface area contributed by atoms with Crippen LogP contribution in [-0.2, 0) is 55.4 Å². The van der Waals surface area contributed by atoms with Gasteiger partial charge in [-0.1, -0.05) is 42.5 Å². The number of aromatic nitrogens is 12. The van der Waals surface area contributed by atoms with Crippen LogP contribution in [0.2, 0.25) is 0 Å². The second kappa shape index (κ2) is 44.2. The van der Waals surface area contributed by atoms with Crippen LogP contribution in [0.4, 0.5) is 57.8 Å². The topological polar surface area (TPSA) is 447 Å². The van der Waals surface area contributed by atoms with E-state index >= 15 is 0 Å². The lowest BCUT2D eigenvalue weighted by molar-refractivity contribution is -0.138. The lowest BCUT2D eigenvalue weighted by Crippen LogP contribution is -2.53. The standard InChI is InChI=1S/C35H45N7O4S.C34H46N8O4S.C33H45N7O5S2/c1-20(2)46-29-17-27(24-11-13-42(14-12-24)35(43)26-18-36-19-26)22(5)15-25(29)16-31-38-33(32-23(6)40-41-34(32)39-31)37-28-9-7-8-10-30(28)47(44,45)21(3)4;1-20(2)46-28-18-25(24-13-15-42(16-14-24)30(43)19-41(7)8)22(5)17-27(28)36-34-37-32(31-23(6)39-40-33(31)38-34)35-26-11-9-10-12-29(26)47(44,45)21(3)4;1-20(2)45-28-19-25(24-12-14-40(15-13-24)16-17-46(7,41)42)22(5)18-27(28)35-33-36-31(30-23(6)38-39-32(30)37-33)34-26-10-8-9-11-29(26)47(43,44)21(3)4/h7-10,15,17,20-21,24,26,36H,11-14,16,18-19H2,1-6H3,(H2,37,38,39,40,41);9-12,17-18,20-21,24H,13-16,19H2,1-8H3,(H3,35,36,37,38,39,40);8-11,18-21,24H,12-17H2,1-7H3,(H3,34,35,36,37,38,39). The van der Waals surface area contributed by atoms with Crippen LogP contribution in [0.3, 0.4) is 0 Å². The number of carbonyl (C=O) groups excluding carboxylic acids is 2. The van der Waals surface area contributed by atoms with Crippen molar-refractivity contribution >= 4 is 142 Å². The summed E-state index contributed by atoms with van der Waals surface area (Å²) in [5.41, 5.74) is 14.3. The third-order valence-corrected chi connectivity index (χ3v) is 33.6. The molecule has 4 saturated heterocycles. The molecule has 16 rings (SSSR count). The highest BCUT2D eigenvalue weighted by Gasteiger charge is 2.36. The molecule has 0 spiro atoms. The number of H-pyrrole nitrogens is 3. The van der Waals surface area contributed by atoms with Crippen molar-refractivity contribution in [2.45, 2.75) is 236 Å². The van der Waals surface area contributed by atoms with Crippen LogP contribution in [0.15, 0.2) is 124 Å². The van der Waals surface area contributed by atoms with Crippen LogP contribution >= 0.6 is 0 Å². The van der Waals surface area contributed by atoms with Gasteiger partial charge in [-0.2, -0.15) is 35.2 Å². The number of aryl methyl sites for hydroxylation is 6. The summed E-state index contributed by atoms with van der Waals surface area (Å²) in [6.07, 6.45) is 6.96. The van der Waals surface area contributed by atoms with E-state index in [9.17, 15) is 43.3 Å². The van der Waals surface area contributed by atoms with Gasteiger partial charge in [-0.3, -0.25) is 24.9 Å². The molecule has 0 saturated carbocycles. The van der Waals surface area contributed by atoms with Crippen LogP contribution in [0.25, 0.3) is 33.1 Å². The first-order chi connectivity index (χ1) is 66.8. The highest BCUT2D eigenvalue weighted by Crippen LogP contribution is 2.45. The molecule has 2 amide bonds. The van der Waals surface area contributed by atoms with E-state index in [1.807, 2.05) is 97.2 Å². The number of aromatic amines is 3. The van der Waals surface area contributed by atoms with Gasteiger partial charge >= 0.3 is 0 Å². The maximum atomic E-state index is 13.2. The second-order valence-electron chi connectivity index (χ2n) is 39.3. The Balaban J connectivity index is 0.000000168. The Morgan fingerprint density at radius 2 is 0.787 bits per heavy atom. The number of para-hydroxylation sites is 3. The fourth-order valence-corrected chi connectivity index (χ4v) is 22.5. The van der Waals surface area contributed by atoms with Gasteiger partial charge in [-0.15, -0.1) is 0 Å². The molecule has 6 aromatic heterocycles. The summed E-state index contributed by atoms with van der Waals surface area (Å²) >= 11 is 0. The quantitative estimate of drug-likeness (QED) is 0.0184. The fraction of sp³-hybridized carbons (Fsp3) is 0.480. The molecule has 39 heteroatoms. The van der Waals surface area contributed by atoms with E-state index in [-0.39, 0.29) is 68.4 Å². The molecule has 141 heavy (non-hydrogen) atoms. The molecule has 12 aromatic rings. The first-order valence-corrected chi connectivity index (χ1v) is 55.2. The smallest absolute Gasteiger partial charge is 0.236 e. The lowest BCUT2D eigenvalue weighted by Gasteiger charge is -2.37. The molecular weight excluding hydrogens is 1870 g/mol.